The molecule has 0 aromatic heterocycles. The van der Waals surface area contributed by atoms with Gasteiger partial charge in [-0.2, -0.15) is 0 Å². The van der Waals surface area contributed by atoms with Crippen LogP contribution in [0.4, 0.5) is 0 Å². The number of amides is 1. The first kappa shape index (κ1) is 25.7. The molecule has 5 nitrogen and oxygen atoms in total. The third-order valence-electron chi connectivity index (χ3n) is 5.41. The summed E-state index contributed by atoms with van der Waals surface area (Å²) in [6.45, 7) is 6.24. The fraction of sp³-hybridized carbons (Fsp3) is 0.259. The van der Waals surface area contributed by atoms with Crippen molar-refractivity contribution in [2.45, 2.75) is 30.6 Å². The lowest BCUT2D eigenvalue weighted by Gasteiger charge is -2.17. The zero-order valence-electron chi connectivity index (χ0n) is 19.6. The molecular formula is C27H29NO4S2. The Balaban J connectivity index is 1.85. The summed E-state index contributed by atoms with van der Waals surface area (Å²) in [6.07, 6.45) is 0. The number of benzene rings is 3. The van der Waals surface area contributed by atoms with Crippen molar-refractivity contribution in [2.24, 2.45) is 5.92 Å². The summed E-state index contributed by atoms with van der Waals surface area (Å²) in [5, 5.41) is 2.72. The lowest BCUT2D eigenvalue weighted by atomic mass is 9.99. The van der Waals surface area contributed by atoms with Crippen LogP contribution in [0, 0.1) is 19.8 Å². The van der Waals surface area contributed by atoms with E-state index in [0.29, 0.717) is 23.4 Å². The summed E-state index contributed by atoms with van der Waals surface area (Å²) in [5.41, 5.74) is 2.94. The van der Waals surface area contributed by atoms with Gasteiger partial charge in [0.05, 0.1) is 10.6 Å². The van der Waals surface area contributed by atoms with Crippen LogP contribution >= 0.6 is 11.8 Å². The molecule has 0 saturated heterocycles. The van der Waals surface area contributed by atoms with Gasteiger partial charge in [-0.15, -0.1) is 11.8 Å². The predicted octanol–water partition coefficient (Wildman–Crippen LogP) is 5.12. The topological polar surface area (TPSA) is 80.3 Å². The molecule has 178 valence electrons. The van der Waals surface area contributed by atoms with Crippen LogP contribution in [0.2, 0.25) is 0 Å². The van der Waals surface area contributed by atoms with Gasteiger partial charge in [-0.3, -0.25) is 9.59 Å². The highest BCUT2D eigenvalue weighted by molar-refractivity contribution is 7.99. The first-order valence-electron chi connectivity index (χ1n) is 11.1. The zero-order chi connectivity index (χ0) is 24.7. The Morgan fingerprint density at radius 3 is 1.91 bits per heavy atom. The predicted molar refractivity (Wildman–Crippen MR) is 137 cm³/mol. The Bertz CT molecular complexity index is 1230. The van der Waals surface area contributed by atoms with Gasteiger partial charge in [0.2, 0.25) is 0 Å². The highest BCUT2D eigenvalue weighted by Gasteiger charge is 2.28. The normalized spacial score (nSPS) is 12.2. The van der Waals surface area contributed by atoms with E-state index in [2.05, 4.69) is 5.32 Å². The van der Waals surface area contributed by atoms with Gasteiger partial charge < -0.3 is 5.32 Å². The molecule has 0 radical (unpaired) electrons. The number of carbonyl (C=O) groups excluding carboxylic acids is 2. The average Bonchev–Trinajstić information content (AvgIpc) is 2.83. The van der Waals surface area contributed by atoms with Crippen LogP contribution in [0.5, 0.6) is 0 Å². The smallest absolute Gasteiger partial charge is 0.251 e. The number of nitrogens with one attached hydrogen (secondary N) is 1. The van der Waals surface area contributed by atoms with Crippen molar-refractivity contribution in [1.29, 1.82) is 0 Å². The molecule has 0 bridgehead atoms. The summed E-state index contributed by atoms with van der Waals surface area (Å²) in [4.78, 5) is 26.6. The lowest BCUT2D eigenvalue weighted by Crippen LogP contribution is -2.27. The molecule has 3 rings (SSSR count). The summed E-state index contributed by atoms with van der Waals surface area (Å²) in [6, 6.07) is 21.0. The Hall–Kier alpha value is -2.90. The van der Waals surface area contributed by atoms with E-state index >= 15 is 0 Å². The molecule has 0 spiro atoms. The van der Waals surface area contributed by atoms with Crippen molar-refractivity contribution in [1.82, 2.24) is 5.32 Å². The number of ketones is 1. The number of thioether (sulfide) groups is 1. The fourth-order valence-electron chi connectivity index (χ4n) is 3.42. The Morgan fingerprint density at radius 2 is 1.35 bits per heavy atom. The van der Waals surface area contributed by atoms with Gasteiger partial charge in [0.15, 0.2) is 15.6 Å². The molecule has 1 atom stereocenters. The number of hydrogen-bond acceptors (Lipinski definition) is 5. The van der Waals surface area contributed by atoms with E-state index in [4.69, 9.17) is 0 Å². The van der Waals surface area contributed by atoms with Crippen LogP contribution in [0.3, 0.4) is 0 Å². The number of aryl methyl sites for hydroxylation is 2. The van der Waals surface area contributed by atoms with Gasteiger partial charge >= 0.3 is 0 Å². The van der Waals surface area contributed by atoms with Crippen LogP contribution < -0.4 is 5.32 Å². The second-order valence-electron chi connectivity index (χ2n) is 8.22. The van der Waals surface area contributed by atoms with Gasteiger partial charge in [0.25, 0.3) is 5.91 Å². The first-order chi connectivity index (χ1) is 16.2. The second-order valence-corrected chi connectivity index (χ2v) is 11.3. The molecule has 0 heterocycles. The monoisotopic (exact) mass is 495 g/mol. The van der Waals surface area contributed by atoms with E-state index < -0.39 is 15.8 Å². The molecule has 7 heteroatoms. The summed E-state index contributed by atoms with van der Waals surface area (Å²) >= 11 is 1.46. The highest BCUT2D eigenvalue weighted by Crippen LogP contribution is 2.26. The highest BCUT2D eigenvalue weighted by atomic mass is 32.2. The Morgan fingerprint density at radius 1 is 0.824 bits per heavy atom. The average molecular weight is 496 g/mol. The molecule has 1 amide bonds. The van der Waals surface area contributed by atoms with Crippen LogP contribution in [-0.4, -0.2) is 38.2 Å². The van der Waals surface area contributed by atoms with Crippen LogP contribution in [-0.2, 0) is 9.84 Å². The first-order valence-corrected chi connectivity index (χ1v) is 13.7. The number of Topliss-reactive ketones (excluding diaryl/α,β-unsaturated/α-hetero) is 1. The summed E-state index contributed by atoms with van der Waals surface area (Å²) < 4.78 is 26.3. The molecule has 0 aliphatic heterocycles. The molecule has 0 aliphatic carbocycles. The third kappa shape index (κ3) is 6.81. The molecule has 3 aromatic rings. The van der Waals surface area contributed by atoms with Crippen molar-refractivity contribution >= 4 is 33.3 Å². The van der Waals surface area contributed by atoms with E-state index in [1.807, 2.05) is 45.0 Å². The third-order valence-corrected chi connectivity index (χ3v) is 8.42. The minimum absolute atomic E-state index is 0.211. The minimum atomic E-state index is -3.67. The van der Waals surface area contributed by atoms with E-state index in [0.717, 1.165) is 16.0 Å². The standard InChI is InChI=1S/C27H29NO4S2/c1-4-28-27(30)22-11-9-21(10-12-22)26(29)23(17-33-24-13-5-19(2)6-14-24)18-34(31,32)25-15-7-20(3)8-16-25/h5-16,23H,4,17-18H2,1-3H3,(H,28,30). The minimum Gasteiger partial charge on any atom is -0.352 e. The van der Waals surface area contributed by atoms with Gasteiger partial charge in [0, 0.05) is 34.2 Å². The second kappa shape index (κ2) is 11.5. The Labute approximate surface area is 205 Å². The Kier molecular flexibility index (Phi) is 8.69. The van der Waals surface area contributed by atoms with Gasteiger partial charge in [-0.1, -0.05) is 47.5 Å². The van der Waals surface area contributed by atoms with Gasteiger partial charge in [0.1, 0.15) is 0 Å². The molecule has 1 unspecified atom stereocenters. The zero-order valence-corrected chi connectivity index (χ0v) is 21.2. The number of carbonyl (C=O) groups is 2. The van der Waals surface area contributed by atoms with Crippen molar-refractivity contribution in [3.8, 4) is 0 Å². The van der Waals surface area contributed by atoms with E-state index in [-0.39, 0.29) is 22.3 Å². The van der Waals surface area contributed by atoms with E-state index in [1.165, 1.54) is 11.8 Å². The number of hydrogen-bond donors (Lipinski definition) is 1. The molecule has 0 fully saturated rings. The molecular weight excluding hydrogens is 466 g/mol. The van der Waals surface area contributed by atoms with Crippen molar-refractivity contribution in [3.05, 3.63) is 95.1 Å². The quantitative estimate of drug-likeness (QED) is 0.312. The van der Waals surface area contributed by atoms with E-state index in [9.17, 15) is 18.0 Å². The largest absolute Gasteiger partial charge is 0.352 e. The van der Waals surface area contributed by atoms with Crippen molar-refractivity contribution < 1.29 is 18.0 Å². The fourth-order valence-corrected chi connectivity index (χ4v) is 6.10. The summed E-state index contributed by atoms with van der Waals surface area (Å²) in [5.74, 6) is -1.17. The SMILES string of the molecule is CCNC(=O)c1ccc(C(=O)C(CSc2ccc(C)cc2)CS(=O)(=O)c2ccc(C)cc2)cc1. The number of rotatable bonds is 10. The van der Waals surface area contributed by atoms with Crippen molar-refractivity contribution in [2.75, 3.05) is 18.1 Å². The summed E-state index contributed by atoms with van der Waals surface area (Å²) in [7, 11) is -3.67. The van der Waals surface area contributed by atoms with Crippen LogP contribution in [0.25, 0.3) is 0 Å². The maximum atomic E-state index is 13.4. The number of sulfone groups is 1. The van der Waals surface area contributed by atoms with Crippen LogP contribution in [0.1, 0.15) is 38.8 Å². The molecule has 3 aromatic carbocycles. The van der Waals surface area contributed by atoms with Crippen molar-refractivity contribution in [3.63, 3.8) is 0 Å². The lowest BCUT2D eigenvalue weighted by molar-refractivity contribution is 0.0936. The van der Waals surface area contributed by atoms with E-state index in [1.54, 1.807) is 48.5 Å². The van der Waals surface area contributed by atoms with Gasteiger partial charge in [-0.05, 0) is 57.2 Å². The van der Waals surface area contributed by atoms with Crippen LogP contribution in [0.15, 0.2) is 82.6 Å². The van der Waals surface area contributed by atoms with Gasteiger partial charge in [-0.25, -0.2) is 8.42 Å². The molecule has 0 saturated carbocycles. The molecule has 1 N–H and O–H groups in total. The molecule has 34 heavy (non-hydrogen) atoms. The molecule has 0 aliphatic rings. The maximum Gasteiger partial charge on any atom is 0.251 e. The maximum absolute atomic E-state index is 13.4.